The summed E-state index contributed by atoms with van der Waals surface area (Å²) in [5.41, 5.74) is 5.90. The first kappa shape index (κ1) is 24.1. The first-order chi connectivity index (χ1) is 22.3. The van der Waals surface area contributed by atoms with Crippen LogP contribution in [0.25, 0.3) is 89.1 Å². The predicted molar refractivity (Wildman–Crippen MR) is 177 cm³/mol. The SMILES string of the molecule is c1ccc2c(c1)oc1cc(-c3nc(-n4c5ccccc5c5cccnc54)nc(-n4c5ccccc5c5cccnc54)n3)ccc12. The van der Waals surface area contributed by atoms with Gasteiger partial charge in [0.05, 0.1) is 11.0 Å². The van der Waals surface area contributed by atoms with Crippen molar-refractivity contribution in [1.29, 1.82) is 0 Å². The highest BCUT2D eigenvalue weighted by Crippen LogP contribution is 2.35. The topological polar surface area (TPSA) is 87.5 Å². The lowest BCUT2D eigenvalue weighted by atomic mass is 10.1. The van der Waals surface area contributed by atoms with E-state index < -0.39 is 0 Å². The van der Waals surface area contributed by atoms with Crippen LogP contribution >= 0.6 is 0 Å². The molecule has 0 unspecified atom stereocenters. The lowest BCUT2D eigenvalue weighted by Crippen LogP contribution is -2.10. The van der Waals surface area contributed by atoms with Crippen LogP contribution in [-0.4, -0.2) is 34.1 Å². The number of furan rings is 1. The second-order valence-electron chi connectivity index (χ2n) is 11.0. The van der Waals surface area contributed by atoms with E-state index in [0.717, 1.165) is 71.4 Å². The van der Waals surface area contributed by atoms with Gasteiger partial charge in [0.1, 0.15) is 22.5 Å². The van der Waals surface area contributed by atoms with Crippen LogP contribution in [0.15, 0.2) is 132 Å². The van der Waals surface area contributed by atoms with Gasteiger partial charge in [-0.25, -0.2) is 9.97 Å². The molecule has 0 N–H and O–H groups in total. The molecule has 10 rings (SSSR count). The van der Waals surface area contributed by atoms with Crippen molar-refractivity contribution in [2.75, 3.05) is 0 Å². The van der Waals surface area contributed by atoms with Gasteiger partial charge in [-0.2, -0.15) is 15.0 Å². The molecular weight excluding hydrogens is 558 g/mol. The number of nitrogens with zero attached hydrogens (tertiary/aromatic N) is 7. The van der Waals surface area contributed by atoms with Gasteiger partial charge in [0.2, 0.25) is 11.9 Å². The highest BCUT2D eigenvalue weighted by Gasteiger charge is 2.21. The summed E-state index contributed by atoms with van der Waals surface area (Å²) >= 11 is 0. The summed E-state index contributed by atoms with van der Waals surface area (Å²) < 4.78 is 10.3. The van der Waals surface area contributed by atoms with Crippen LogP contribution in [0, 0.1) is 0 Å². The average Bonchev–Trinajstić information content (AvgIpc) is 3.75. The number of pyridine rings is 2. The summed E-state index contributed by atoms with van der Waals surface area (Å²) in [5.74, 6) is 1.44. The Hall–Kier alpha value is -6.41. The Kier molecular flexibility index (Phi) is 4.84. The zero-order chi connectivity index (χ0) is 29.5. The number of hydrogen-bond acceptors (Lipinski definition) is 6. The quantitative estimate of drug-likeness (QED) is 0.209. The Labute approximate surface area is 254 Å². The standard InChI is InChI=1S/C37H21N7O/c1-4-14-29-23(9-1)27-12-7-19-38-34(27)43(29)36-40-33(22-17-18-26-25-11-3-6-16-31(25)45-32(26)21-22)41-37(42-36)44-30-15-5-2-10-24(30)28-13-8-20-39-35(28)44/h1-21H. The van der Waals surface area contributed by atoms with Gasteiger partial charge in [0, 0.05) is 50.3 Å². The van der Waals surface area contributed by atoms with E-state index in [9.17, 15) is 0 Å². The van der Waals surface area contributed by atoms with Gasteiger partial charge in [-0.1, -0.05) is 60.7 Å². The molecule has 0 saturated heterocycles. The largest absolute Gasteiger partial charge is 0.456 e. The summed E-state index contributed by atoms with van der Waals surface area (Å²) in [5, 5.41) is 6.32. The van der Waals surface area contributed by atoms with Gasteiger partial charge in [0.25, 0.3) is 0 Å². The highest BCUT2D eigenvalue weighted by atomic mass is 16.3. The number of fused-ring (bicyclic) bond motifs is 9. The van der Waals surface area contributed by atoms with Crippen molar-refractivity contribution in [3.05, 3.63) is 128 Å². The van der Waals surface area contributed by atoms with E-state index in [2.05, 4.69) is 48.5 Å². The maximum atomic E-state index is 6.25. The van der Waals surface area contributed by atoms with Crippen molar-refractivity contribution in [2.45, 2.75) is 0 Å². The van der Waals surface area contributed by atoms with E-state index in [4.69, 9.17) is 29.3 Å². The molecule has 6 heterocycles. The lowest BCUT2D eigenvalue weighted by Gasteiger charge is -2.12. The molecule has 0 fully saturated rings. The van der Waals surface area contributed by atoms with Gasteiger partial charge in [0.15, 0.2) is 5.82 Å². The van der Waals surface area contributed by atoms with Crippen molar-refractivity contribution >= 4 is 65.8 Å². The molecule has 0 aliphatic heterocycles. The molecule has 4 aromatic carbocycles. The first-order valence-electron chi connectivity index (χ1n) is 14.7. The number of benzene rings is 4. The van der Waals surface area contributed by atoms with Gasteiger partial charge >= 0.3 is 0 Å². The van der Waals surface area contributed by atoms with Gasteiger partial charge in [-0.15, -0.1) is 0 Å². The van der Waals surface area contributed by atoms with E-state index in [0.29, 0.717) is 17.7 Å². The molecule has 0 bridgehead atoms. The fraction of sp³-hybridized carbons (Fsp3) is 0. The molecule has 8 heteroatoms. The zero-order valence-electron chi connectivity index (χ0n) is 23.7. The molecule has 0 radical (unpaired) electrons. The first-order valence-corrected chi connectivity index (χ1v) is 14.7. The predicted octanol–water partition coefficient (Wildman–Crippen LogP) is 8.42. The summed E-state index contributed by atoms with van der Waals surface area (Å²) in [7, 11) is 0. The Morgan fingerprint density at radius 3 is 1.62 bits per heavy atom. The molecular formula is C37H21N7O. The smallest absolute Gasteiger partial charge is 0.241 e. The Morgan fingerprint density at radius 1 is 0.444 bits per heavy atom. The Bertz CT molecular complexity index is 2550. The summed E-state index contributed by atoms with van der Waals surface area (Å²) in [6.07, 6.45) is 3.60. The molecule has 45 heavy (non-hydrogen) atoms. The fourth-order valence-electron chi connectivity index (χ4n) is 6.54. The minimum absolute atomic E-state index is 0.464. The number of para-hydroxylation sites is 3. The molecule has 8 nitrogen and oxygen atoms in total. The maximum absolute atomic E-state index is 6.25. The average molecular weight is 580 g/mol. The van der Waals surface area contributed by atoms with Crippen LogP contribution in [0.3, 0.4) is 0 Å². The van der Waals surface area contributed by atoms with Crippen LogP contribution in [0.4, 0.5) is 0 Å². The second-order valence-corrected chi connectivity index (χ2v) is 11.0. The van der Waals surface area contributed by atoms with E-state index in [1.165, 1.54) is 0 Å². The Morgan fingerprint density at radius 2 is 0.978 bits per heavy atom. The maximum Gasteiger partial charge on any atom is 0.241 e. The van der Waals surface area contributed by atoms with Crippen molar-refractivity contribution in [3.8, 4) is 23.3 Å². The van der Waals surface area contributed by atoms with E-state index in [-0.39, 0.29) is 0 Å². The van der Waals surface area contributed by atoms with Gasteiger partial charge in [-0.05, 0) is 54.6 Å². The molecule has 10 aromatic rings. The molecule has 0 amide bonds. The van der Waals surface area contributed by atoms with Gasteiger partial charge < -0.3 is 4.42 Å². The highest BCUT2D eigenvalue weighted by molar-refractivity contribution is 6.09. The summed E-state index contributed by atoms with van der Waals surface area (Å²) in [6, 6.07) is 38.7. The lowest BCUT2D eigenvalue weighted by molar-refractivity contribution is 0.669. The minimum Gasteiger partial charge on any atom is -0.456 e. The monoisotopic (exact) mass is 579 g/mol. The van der Waals surface area contributed by atoms with Crippen LogP contribution in [-0.2, 0) is 0 Å². The van der Waals surface area contributed by atoms with E-state index in [1.807, 2.05) is 75.9 Å². The molecule has 0 aliphatic rings. The normalized spacial score (nSPS) is 12.0. The molecule has 0 saturated carbocycles. The molecule has 6 aromatic heterocycles. The van der Waals surface area contributed by atoms with Gasteiger partial charge in [-0.3, -0.25) is 9.13 Å². The van der Waals surface area contributed by atoms with Crippen LogP contribution in [0.2, 0.25) is 0 Å². The second kappa shape index (κ2) is 9.05. The molecule has 0 atom stereocenters. The number of aromatic nitrogens is 7. The summed E-state index contributed by atoms with van der Waals surface area (Å²) in [6.45, 7) is 0. The minimum atomic E-state index is 0.464. The van der Waals surface area contributed by atoms with Crippen LogP contribution < -0.4 is 0 Å². The third-order valence-corrected chi connectivity index (χ3v) is 8.52. The number of hydrogen-bond donors (Lipinski definition) is 0. The Balaban J connectivity index is 1.31. The third-order valence-electron chi connectivity index (χ3n) is 8.52. The zero-order valence-corrected chi connectivity index (χ0v) is 23.7. The van der Waals surface area contributed by atoms with Crippen molar-refractivity contribution in [1.82, 2.24) is 34.1 Å². The number of rotatable bonds is 3. The summed E-state index contributed by atoms with van der Waals surface area (Å²) in [4.78, 5) is 24.9. The van der Waals surface area contributed by atoms with Crippen LogP contribution in [0.5, 0.6) is 0 Å². The van der Waals surface area contributed by atoms with Crippen molar-refractivity contribution in [3.63, 3.8) is 0 Å². The molecule has 0 spiro atoms. The fourth-order valence-corrected chi connectivity index (χ4v) is 6.54. The third kappa shape index (κ3) is 3.44. The molecule has 210 valence electrons. The van der Waals surface area contributed by atoms with Crippen LogP contribution in [0.1, 0.15) is 0 Å². The van der Waals surface area contributed by atoms with Crippen molar-refractivity contribution < 1.29 is 4.42 Å². The molecule has 0 aliphatic carbocycles. The van der Waals surface area contributed by atoms with E-state index in [1.54, 1.807) is 12.4 Å². The van der Waals surface area contributed by atoms with E-state index >= 15 is 0 Å². The van der Waals surface area contributed by atoms with Crippen molar-refractivity contribution in [2.24, 2.45) is 0 Å².